The van der Waals surface area contributed by atoms with E-state index < -0.39 is 19.5 Å². The van der Waals surface area contributed by atoms with E-state index >= 15 is 0 Å². The van der Waals surface area contributed by atoms with Crippen molar-refractivity contribution >= 4 is 13.5 Å². The van der Waals surface area contributed by atoms with Crippen LogP contribution in [0.25, 0.3) is 0 Å². The minimum Gasteiger partial charge on any atom is -0.465 e. The van der Waals surface area contributed by atoms with Crippen molar-refractivity contribution in [3.8, 4) is 5.75 Å². The van der Waals surface area contributed by atoms with Crippen molar-refractivity contribution in [3.05, 3.63) is 42.0 Å². The van der Waals surface area contributed by atoms with Crippen LogP contribution in [0, 0.1) is 0 Å². The van der Waals surface area contributed by atoms with E-state index in [1.165, 1.54) is 0 Å². The molecule has 1 aromatic rings. The highest BCUT2D eigenvalue weighted by molar-refractivity contribution is 7.57. The summed E-state index contributed by atoms with van der Waals surface area (Å²) in [5, 5.41) is 11.8. The number of aliphatic hydroxyl groups is 1. The van der Waals surface area contributed by atoms with Crippen LogP contribution in [0.5, 0.6) is 5.75 Å². The number of ether oxygens (including phenoxy) is 1. The fourth-order valence-electron chi connectivity index (χ4n) is 1.95. The molecule has 6 nitrogen and oxygen atoms in total. The van der Waals surface area contributed by atoms with Crippen LogP contribution in [-0.2, 0) is 14.1 Å². The van der Waals surface area contributed by atoms with E-state index in [9.17, 15) is 9.36 Å². The zero-order chi connectivity index (χ0) is 18.0. The molecule has 2 atom stereocenters. The zero-order valence-corrected chi connectivity index (χ0v) is 15.3. The first-order chi connectivity index (χ1) is 11.4. The van der Waals surface area contributed by atoms with Gasteiger partial charge in [-0.2, -0.15) is 0 Å². The highest BCUT2D eigenvalue weighted by atomic mass is 31.2. The van der Waals surface area contributed by atoms with Crippen LogP contribution in [0.3, 0.4) is 0 Å². The molecule has 0 aliphatic carbocycles. The molecule has 1 aromatic carbocycles. The van der Waals surface area contributed by atoms with Gasteiger partial charge in [0, 0.05) is 0 Å². The highest BCUT2D eigenvalue weighted by Crippen LogP contribution is 2.44. The van der Waals surface area contributed by atoms with Gasteiger partial charge in [0.05, 0.1) is 19.4 Å². The van der Waals surface area contributed by atoms with Gasteiger partial charge in [0.25, 0.3) is 0 Å². The quantitative estimate of drug-likeness (QED) is 0.381. The molecule has 134 valence electrons. The molecule has 0 aliphatic heterocycles. The molecule has 24 heavy (non-hydrogen) atoms. The molecule has 0 saturated carbocycles. The van der Waals surface area contributed by atoms with Crippen LogP contribution < -0.4 is 9.61 Å². The number of carbonyl (C=O) groups excluding carboxylic acids is 1. The third-order valence-electron chi connectivity index (χ3n) is 3.19. The molecule has 0 radical (unpaired) electrons. The third-order valence-corrected chi connectivity index (χ3v) is 5.33. The number of hydrogen-bond acceptors (Lipinski definition) is 5. The number of aliphatic hydroxyl groups excluding tert-OH is 1. The fourth-order valence-corrected chi connectivity index (χ4v) is 3.85. The molecule has 0 bridgehead atoms. The predicted octanol–water partition coefficient (Wildman–Crippen LogP) is 3.13. The largest absolute Gasteiger partial charge is 0.465 e. The summed E-state index contributed by atoms with van der Waals surface area (Å²) in [5.41, 5.74) is 0.791. The van der Waals surface area contributed by atoms with E-state index in [-0.39, 0.29) is 19.4 Å². The van der Waals surface area contributed by atoms with Crippen LogP contribution in [0.2, 0.25) is 0 Å². The minimum absolute atomic E-state index is 0.0451. The van der Waals surface area contributed by atoms with Gasteiger partial charge in [-0.25, -0.2) is 5.09 Å². The molecule has 1 rings (SSSR count). The minimum atomic E-state index is -3.32. The first-order valence-corrected chi connectivity index (χ1v) is 9.76. The molecule has 0 spiro atoms. The maximum Gasteiger partial charge on any atom is 0.323 e. The maximum absolute atomic E-state index is 13.1. The second-order valence-corrected chi connectivity index (χ2v) is 7.64. The Morgan fingerprint density at radius 1 is 1.38 bits per heavy atom. The summed E-state index contributed by atoms with van der Waals surface area (Å²) in [6.45, 7) is 5.31. The summed E-state index contributed by atoms with van der Waals surface area (Å²) in [6, 6.07) is 8.06. The zero-order valence-electron chi connectivity index (χ0n) is 14.4. The summed E-state index contributed by atoms with van der Waals surface area (Å²) in [5.74, 6) is -0.0104. The normalized spacial score (nSPS) is 15.4. The van der Waals surface area contributed by atoms with Crippen LogP contribution >= 0.6 is 7.52 Å². The third kappa shape index (κ3) is 7.30. The molecule has 0 fully saturated rings. The first kappa shape index (κ1) is 20.4. The average Bonchev–Trinajstić information content (AvgIpc) is 2.55. The molecule has 0 heterocycles. The second-order valence-electron chi connectivity index (χ2n) is 5.40. The molecule has 0 unspecified atom stereocenters. The van der Waals surface area contributed by atoms with Crippen molar-refractivity contribution < 1.29 is 23.7 Å². The summed E-state index contributed by atoms with van der Waals surface area (Å²) >= 11 is 0. The Kier molecular flexibility index (Phi) is 8.76. The van der Waals surface area contributed by atoms with Gasteiger partial charge in [0.15, 0.2) is 0 Å². The molecule has 2 N–H and O–H groups in total. The summed E-state index contributed by atoms with van der Waals surface area (Å²) in [7, 11) is -3.32. The van der Waals surface area contributed by atoms with E-state index in [1.54, 1.807) is 51.1 Å². The standard InChI is InChI=1S/C17H26NO5P/c1-4-22-17(20)15(3)18-24(21,12-8-9-14(2)13-19)23-16-10-6-5-7-11-16/h5-7,9-11,15,19H,4,8,12-13H2,1-3H3,(H,18,21)/b14-9+/t15-,24-/m1/s1. The van der Waals surface area contributed by atoms with E-state index in [0.717, 1.165) is 5.57 Å². The van der Waals surface area contributed by atoms with E-state index in [0.29, 0.717) is 12.2 Å². The van der Waals surface area contributed by atoms with Crippen LogP contribution in [0.1, 0.15) is 27.2 Å². The number of carbonyl (C=O) groups is 1. The van der Waals surface area contributed by atoms with Gasteiger partial charge in [0.1, 0.15) is 11.8 Å². The van der Waals surface area contributed by atoms with Crippen LogP contribution in [0.4, 0.5) is 0 Å². The number of para-hydroxylation sites is 1. The van der Waals surface area contributed by atoms with Gasteiger partial charge in [-0.15, -0.1) is 0 Å². The molecule has 0 saturated heterocycles. The van der Waals surface area contributed by atoms with Crippen molar-refractivity contribution in [1.82, 2.24) is 5.09 Å². The Balaban J connectivity index is 2.85. The Hall–Kier alpha value is -1.62. The molecule has 7 heteroatoms. The lowest BCUT2D eigenvalue weighted by atomic mass is 10.3. The summed E-state index contributed by atoms with van der Waals surface area (Å²) in [6.07, 6.45) is 2.46. The van der Waals surface area contributed by atoms with Crippen molar-refractivity contribution in [1.29, 1.82) is 0 Å². The molecule has 0 amide bonds. The molecule has 0 aliphatic rings. The Bertz CT molecular complexity index is 588. The van der Waals surface area contributed by atoms with Crippen LogP contribution in [-0.4, -0.2) is 36.5 Å². The molecular formula is C17H26NO5P. The number of allylic oxidation sites excluding steroid dienone is 1. The van der Waals surface area contributed by atoms with Gasteiger partial charge < -0.3 is 14.4 Å². The molecule has 0 aromatic heterocycles. The van der Waals surface area contributed by atoms with E-state index in [1.807, 2.05) is 6.07 Å². The Morgan fingerprint density at radius 3 is 2.62 bits per heavy atom. The van der Waals surface area contributed by atoms with Gasteiger partial charge in [-0.3, -0.25) is 9.36 Å². The summed E-state index contributed by atoms with van der Waals surface area (Å²) in [4.78, 5) is 11.8. The topological polar surface area (TPSA) is 84.9 Å². The Morgan fingerprint density at radius 2 is 2.04 bits per heavy atom. The number of hydrogen-bond donors (Lipinski definition) is 2. The van der Waals surface area contributed by atoms with E-state index in [2.05, 4.69) is 5.09 Å². The average molecular weight is 355 g/mol. The van der Waals surface area contributed by atoms with Crippen molar-refractivity contribution in [2.24, 2.45) is 0 Å². The second kappa shape index (κ2) is 10.3. The van der Waals surface area contributed by atoms with Crippen molar-refractivity contribution in [2.45, 2.75) is 33.2 Å². The van der Waals surface area contributed by atoms with Crippen LogP contribution in [0.15, 0.2) is 42.0 Å². The SMILES string of the molecule is CCOC(=O)[C@@H](C)N[P@@](=O)(CC/C=C(\C)CO)Oc1ccccc1. The lowest BCUT2D eigenvalue weighted by Gasteiger charge is -2.23. The van der Waals surface area contributed by atoms with Crippen molar-refractivity contribution in [3.63, 3.8) is 0 Å². The molecular weight excluding hydrogens is 329 g/mol. The van der Waals surface area contributed by atoms with Gasteiger partial charge in [-0.05, 0) is 39.3 Å². The lowest BCUT2D eigenvalue weighted by molar-refractivity contribution is -0.144. The number of rotatable bonds is 10. The van der Waals surface area contributed by atoms with Crippen molar-refractivity contribution in [2.75, 3.05) is 19.4 Å². The lowest BCUT2D eigenvalue weighted by Crippen LogP contribution is -2.35. The van der Waals surface area contributed by atoms with E-state index in [4.69, 9.17) is 14.4 Å². The monoisotopic (exact) mass is 355 g/mol. The number of benzene rings is 1. The summed E-state index contributed by atoms with van der Waals surface area (Å²) < 4.78 is 23.7. The number of nitrogens with one attached hydrogen (secondary N) is 1. The van der Waals surface area contributed by atoms with Gasteiger partial charge >= 0.3 is 13.5 Å². The Labute approximate surface area is 143 Å². The highest BCUT2D eigenvalue weighted by Gasteiger charge is 2.29. The van der Waals surface area contributed by atoms with Gasteiger partial charge in [0.2, 0.25) is 0 Å². The number of esters is 1. The fraction of sp³-hybridized carbons (Fsp3) is 0.471. The smallest absolute Gasteiger partial charge is 0.323 e. The predicted molar refractivity (Wildman–Crippen MR) is 94.2 cm³/mol. The van der Waals surface area contributed by atoms with Gasteiger partial charge in [-0.1, -0.05) is 29.8 Å². The maximum atomic E-state index is 13.1. The first-order valence-electron chi connectivity index (χ1n) is 7.95.